The summed E-state index contributed by atoms with van der Waals surface area (Å²) in [6.07, 6.45) is 8.63. The molecule has 0 spiro atoms. The Labute approximate surface area is 91.3 Å². The summed E-state index contributed by atoms with van der Waals surface area (Å²) in [4.78, 5) is 8.00. The molecule has 2 atom stereocenters. The van der Waals surface area contributed by atoms with Crippen molar-refractivity contribution in [3.63, 3.8) is 0 Å². The molecule has 4 nitrogen and oxygen atoms in total. The monoisotopic (exact) mass is 208 g/mol. The summed E-state index contributed by atoms with van der Waals surface area (Å²) >= 11 is 0. The number of nitrogens with two attached hydrogens (primary N) is 1. The van der Waals surface area contributed by atoms with E-state index in [0.29, 0.717) is 5.92 Å². The topological polar surface area (TPSA) is 63.8 Å². The molecule has 0 bridgehead atoms. The molecule has 1 rings (SSSR count). The third-order valence-electron chi connectivity index (χ3n) is 2.60. The van der Waals surface area contributed by atoms with Crippen LogP contribution in [-0.4, -0.2) is 9.97 Å². The molecule has 0 amide bonds. The van der Waals surface area contributed by atoms with E-state index in [-0.39, 0.29) is 6.04 Å². The molecule has 0 aromatic carbocycles. The van der Waals surface area contributed by atoms with Crippen LogP contribution in [0.4, 0.5) is 0 Å². The van der Waals surface area contributed by atoms with E-state index >= 15 is 0 Å². The third-order valence-corrected chi connectivity index (χ3v) is 2.60. The fraction of sp³-hybridized carbons (Fsp3) is 0.636. The number of nitrogens with one attached hydrogen (secondary N) is 1. The van der Waals surface area contributed by atoms with Crippen LogP contribution in [0.2, 0.25) is 0 Å². The Bertz CT molecular complexity index is 263. The van der Waals surface area contributed by atoms with Gasteiger partial charge in [0.2, 0.25) is 0 Å². The van der Waals surface area contributed by atoms with E-state index in [9.17, 15) is 0 Å². The van der Waals surface area contributed by atoms with E-state index in [4.69, 9.17) is 5.84 Å². The molecule has 0 aliphatic rings. The highest BCUT2D eigenvalue weighted by molar-refractivity contribution is 5.08. The molecular formula is C11H20N4. The number of hydrogen-bond donors (Lipinski definition) is 2. The number of hydrazine groups is 1. The number of rotatable bonds is 6. The maximum atomic E-state index is 5.54. The first kappa shape index (κ1) is 12.1. The Morgan fingerprint density at radius 2 is 2.07 bits per heavy atom. The van der Waals surface area contributed by atoms with Crippen molar-refractivity contribution in [2.24, 2.45) is 11.8 Å². The van der Waals surface area contributed by atoms with Crippen molar-refractivity contribution in [2.45, 2.75) is 39.2 Å². The van der Waals surface area contributed by atoms with Gasteiger partial charge in [0.1, 0.15) is 6.33 Å². The Morgan fingerprint density at radius 3 is 2.60 bits per heavy atom. The molecule has 84 valence electrons. The second-order valence-electron chi connectivity index (χ2n) is 4.02. The Kier molecular flexibility index (Phi) is 5.21. The van der Waals surface area contributed by atoms with Gasteiger partial charge in [0.25, 0.3) is 0 Å². The van der Waals surface area contributed by atoms with E-state index in [0.717, 1.165) is 12.0 Å². The molecule has 0 fully saturated rings. The van der Waals surface area contributed by atoms with Gasteiger partial charge in [0, 0.05) is 24.0 Å². The van der Waals surface area contributed by atoms with E-state index in [1.807, 2.05) is 12.4 Å². The zero-order chi connectivity index (χ0) is 11.1. The van der Waals surface area contributed by atoms with Crippen molar-refractivity contribution in [1.29, 1.82) is 0 Å². The zero-order valence-corrected chi connectivity index (χ0v) is 9.48. The molecular weight excluding hydrogens is 188 g/mol. The molecule has 1 heterocycles. The lowest BCUT2D eigenvalue weighted by molar-refractivity contribution is 0.393. The number of aromatic nitrogens is 2. The largest absolute Gasteiger partial charge is 0.271 e. The van der Waals surface area contributed by atoms with Gasteiger partial charge in [-0.25, -0.2) is 9.97 Å². The van der Waals surface area contributed by atoms with Gasteiger partial charge in [0.05, 0.1) is 0 Å². The van der Waals surface area contributed by atoms with Gasteiger partial charge in [-0.2, -0.15) is 0 Å². The van der Waals surface area contributed by atoms with E-state index in [2.05, 4.69) is 29.2 Å². The number of hydrogen-bond acceptors (Lipinski definition) is 4. The first-order valence-corrected chi connectivity index (χ1v) is 5.49. The van der Waals surface area contributed by atoms with Gasteiger partial charge in [-0.05, 0) is 12.3 Å². The van der Waals surface area contributed by atoms with Crippen molar-refractivity contribution in [3.05, 3.63) is 24.3 Å². The van der Waals surface area contributed by atoms with Crippen molar-refractivity contribution < 1.29 is 0 Å². The summed E-state index contributed by atoms with van der Waals surface area (Å²) < 4.78 is 0. The normalized spacial score (nSPS) is 14.9. The quantitative estimate of drug-likeness (QED) is 0.553. The lowest BCUT2D eigenvalue weighted by Crippen LogP contribution is -2.29. The maximum absolute atomic E-state index is 5.54. The molecule has 2 unspecified atom stereocenters. The van der Waals surface area contributed by atoms with Gasteiger partial charge < -0.3 is 0 Å². The van der Waals surface area contributed by atoms with Crippen molar-refractivity contribution >= 4 is 0 Å². The highest BCUT2D eigenvalue weighted by Crippen LogP contribution is 2.21. The van der Waals surface area contributed by atoms with Crippen LogP contribution in [0.15, 0.2) is 18.7 Å². The van der Waals surface area contributed by atoms with Crippen LogP contribution in [-0.2, 0) is 0 Å². The van der Waals surface area contributed by atoms with Crippen LogP contribution in [0.5, 0.6) is 0 Å². The molecule has 0 saturated carbocycles. The molecule has 0 radical (unpaired) electrons. The van der Waals surface area contributed by atoms with Crippen LogP contribution < -0.4 is 11.3 Å². The predicted octanol–water partition coefficient (Wildman–Crippen LogP) is 1.81. The Hall–Kier alpha value is -1.00. The molecule has 1 aromatic heterocycles. The van der Waals surface area contributed by atoms with Gasteiger partial charge in [-0.15, -0.1) is 0 Å². The van der Waals surface area contributed by atoms with Crippen LogP contribution >= 0.6 is 0 Å². The van der Waals surface area contributed by atoms with E-state index < -0.39 is 0 Å². The SMILES string of the molecule is CCCC(C)CC(NN)c1cncnc1. The van der Waals surface area contributed by atoms with Gasteiger partial charge in [-0.3, -0.25) is 11.3 Å². The van der Waals surface area contributed by atoms with Crippen LogP contribution in [0, 0.1) is 5.92 Å². The summed E-state index contributed by atoms with van der Waals surface area (Å²) in [6.45, 7) is 4.45. The molecule has 3 N–H and O–H groups in total. The minimum Gasteiger partial charge on any atom is -0.271 e. The van der Waals surface area contributed by atoms with Gasteiger partial charge in [0.15, 0.2) is 0 Å². The first-order valence-electron chi connectivity index (χ1n) is 5.49. The highest BCUT2D eigenvalue weighted by atomic mass is 15.2. The lowest BCUT2D eigenvalue weighted by atomic mass is 9.95. The Balaban J connectivity index is 2.56. The summed E-state index contributed by atoms with van der Waals surface area (Å²) in [5.41, 5.74) is 3.89. The third kappa shape index (κ3) is 3.93. The zero-order valence-electron chi connectivity index (χ0n) is 9.48. The van der Waals surface area contributed by atoms with Gasteiger partial charge in [-0.1, -0.05) is 26.7 Å². The van der Waals surface area contributed by atoms with Crippen molar-refractivity contribution in [2.75, 3.05) is 0 Å². The molecule has 4 heteroatoms. The summed E-state index contributed by atoms with van der Waals surface area (Å²) in [6, 6.07) is 0.160. The molecule has 0 saturated heterocycles. The van der Waals surface area contributed by atoms with Gasteiger partial charge >= 0.3 is 0 Å². The smallest absolute Gasteiger partial charge is 0.115 e. The van der Waals surface area contributed by atoms with Crippen LogP contribution in [0.1, 0.15) is 44.7 Å². The molecule has 1 aromatic rings. The molecule has 15 heavy (non-hydrogen) atoms. The van der Waals surface area contributed by atoms with E-state index in [1.54, 1.807) is 0 Å². The summed E-state index contributed by atoms with van der Waals surface area (Å²) in [5, 5.41) is 0. The van der Waals surface area contributed by atoms with Crippen molar-refractivity contribution in [1.82, 2.24) is 15.4 Å². The minimum atomic E-state index is 0.160. The average Bonchev–Trinajstić information content (AvgIpc) is 2.27. The fourth-order valence-corrected chi connectivity index (χ4v) is 1.80. The summed E-state index contributed by atoms with van der Waals surface area (Å²) in [7, 11) is 0. The second kappa shape index (κ2) is 6.48. The fourth-order valence-electron chi connectivity index (χ4n) is 1.80. The minimum absolute atomic E-state index is 0.160. The van der Waals surface area contributed by atoms with Crippen LogP contribution in [0.3, 0.4) is 0 Å². The average molecular weight is 208 g/mol. The Morgan fingerprint density at radius 1 is 1.40 bits per heavy atom. The standard InChI is InChI=1S/C11H20N4/c1-3-4-9(2)5-11(15-12)10-6-13-8-14-7-10/h6-9,11,15H,3-5,12H2,1-2H3. The maximum Gasteiger partial charge on any atom is 0.115 e. The molecule has 0 aliphatic carbocycles. The molecule has 0 aliphatic heterocycles. The number of nitrogens with zero attached hydrogens (tertiary/aromatic N) is 2. The second-order valence-corrected chi connectivity index (χ2v) is 4.02. The summed E-state index contributed by atoms with van der Waals surface area (Å²) in [5.74, 6) is 6.21. The first-order chi connectivity index (χ1) is 7.27. The van der Waals surface area contributed by atoms with Crippen molar-refractivity contribution in [3.8, 4) is 0 Å². The highest BCUT2D eigenvalue weighted by Gasteiger charge is 2.13. The van der Waals surface area contributed by atoms with E-state index in [1.165, 1.54) is 19.2 Å². The predicted molar refractivity (Wildman–Crippen MR) is 60.8 cm³/mol. The van der Waals surface area contributed by atoms with Crippen LogP contribution in [0.25, 0.3) is 0 Å². The lowest BCUT2D eigenvalue weighted by Gasteiger charge is -2.19.